The van der Waals surface area contributed by atoms with E-state index >= 15 is 0 Å². The lowest BCUT2D eigenvalue weighted by molar-refractivity contribution is 0.390. The summed E-state index contributed by atoms with van der Waals surface area (Å²) in [5.41, 5.74) is 1.48. The van der Waals surface area contributed by atoms with Crippen LogP contribution >= 0.6 is 12.4 Å². The van der Waals surface area contributed by atoms with Crippen molar-refractivity contribution in [2.24, 2.45) is 5.92 Å². The molecule has 2 aliphatic rings. The van der Waals surface area contributed by atoms with E-state index in [-0.39, 0.29) is 18.8 Å². The third-order valence-corrected chi connectivity index (χ3v) is 7.82. The minimum absolute atomic E-state index is 0. The number of nitrogens with zero attached hydrogens (tertiary/aromatic N) is 2. The first kappa shape index (κ1) is 20.0. The lowest BCUT2D eigenvalue weighted by atomic mass is 9.81. The van der Waals surface area contributed by atoms with Gasteiger partial charge < -0.3 is 5.32 Å². The van der Waals surface area contributed by atoms with Crippen LogP contribution in [0.2, 0.25) is 0 Å². The number of para-hydroxylation sites is 1. The van der Waals surface area contributed by atoms with Gasteiger partial charge in [0.1, 0.15) is 10.6 Å². The maximum Gasteiger partial charge on any atom is 0.266 e. The van der Waals surface area contributed by atoms with Gasteiger partial charge in [0.25, 0.3) is 10.0 Å². The average Bonchev–Trinajstić information content (AvgIpc) is 3.09. The molecule has 8 heteroatoms. The van der Waals surface area contributed by atoms with E-state index in [4.69, 9.17) is 0 Å². The normalized spacial score (nSPS) is 24.2. The van der Waals surface area contributed by atoms with Crippen LogP contribution in [0.5, 0.6) is 0 Å². The standard InChI is InChI=1S/C19H22FN3O2S.ClH/c1-19(12-15(6-7-18(19)20)14-8-10-21-11-9-14)26(24,25)23-17-5-3-2-4-16(17)13-22-23;/h2-7,13-14,21H,8-12H2,1H3;1H. The van der Waals surface area contributed by atoms with Crippen LogP contribution in [0, 0.1) is 5.92 Å². The molecule has 0 spiro atoms. The van der Waals surface area contributed by atoms with Gasteiger partial charge in [0, 0.05) is 5.39 Å². The van der Waals surface area contributed by atoms with Gasteiger partial charge in [-0.3, -0.25) is 0 Å². The summed E-state index contributed by atoms with van der Waals surface area (Å²) in [5, 5.41) is 8.09. The van der Waals surface area contributed by atoms with E-state index in [2.05, 4.69) is 10.4 Å². The van der Waals surface area contributed by atoms with E-state index in [0.29, 0.717) is 16.8 Å². The molecule has 1 unspecified atom stereocenters. The highest BCUT2D eigenvalue weighted by Crippen LogP contribution is 2.42. The van der Waals surface area contributed by atoms with Crippen LogP contribution in [0.3, 0.4) is 0 Å². The quantitative estimate of drug-likeness (QED) is 0.838. The summed E-state index contributed by atoms with van der Waals surface area (Å²) in [6.45, 7) is 3.28. The second-order valence-corrected chi connectivity index (χ2v) is 9.44. The lowest BCUT2D eigenvalue weighted by Gasteiger charge is -2.35. The number of hydrogen-bond donors (Lipinski definition) is 1. The van der Waals surface area contributed by atoms with Gasteiger partial charge in [0.15, 0.2) is 0 Å². The van der Waals surface area contributed by atoms with E-state index in [1.165, 1.54) is 19.2 Å². The molecule has 0 bridgehead atoms. The van der Waals surface area contributed by atoms with Crippen LogP contribution in [0.25, 0.3) is 10.9 Å². The van der Waals surface area contributed by atoms with Crippen molar-refractivity contribution >= 4 is 33.3 Å². The lowest BCUT2D eigenvalue weighted by Crippen LogP contribution is -2.43. The van der Waals surface area contributed by atoms with Crippen molar-refractivity contribution < 1.29 is 12.8 Å². The number of nitrogens with one attached hydrogen (secondary N) is 1. The fraction of sp³-hybridized carbons (Fsp3) is 0.421. The van der Waals surface area contributed by atoms with Gasteiger partial charge in [-0.25, -0.2) is 12.8 Å². The molecule has 2 heterocycles. The number of rotatable bonds is 3. The molecule has 5 nitrogen and oxygen atoms in total. The highest BCUT2D eigenvalue weighted by Gasteiger charge is 2.48. The zero-order valence-corrected chi connectivity index (χ0v) is 16.7. The Balaban J connectivity index is 0.00000210. The Kier molecular flexibility index (Phi) is 5.47. The molecule has 1 aliphatic carbocycles. The second-order valence-electron chi connectivity index (χ2n) is 7.24. The number of piperidine rings is 1. The van der Waals surface area contributed by atoms with Crippen LogP contribution in [0.1, 0.15) is 26.2 Å². The summed E-state index contributed by atoms with van der Waals surface area (Å²) in [6, 6.07) is 7.06. The Hall–Kier alpha value is -1.70. The van der Waals surface area contributed by atoms with Crippen LogP contribution in [0.15, 0.2) is 54.0 Å². The van der Waals surface area contributed by atoms with E-state index in [1.54, 1.807) is 24.3 Å². The molecule has 1 aliphatic heterocycles. The molecule has 0 saturated carbocycles. The van der Waals surface area contributed by atoms with Crippen LogP contribution in [-0.4, -0.2) is 35.4 Å². The minimum atomic E-state index is -4.06. The van der Waals surface area contributed by atoms with Crippen molar-refractivity contribution in [2.45, 2.75) is 30.9 Å². The molecule has 27 heavy (non-hydrogen) atoms. The van der Waals surface area contributed by atoms with Crippen molar-refractivity contribution in [3.63, 3.8) is 0 Å². The van der Waals surface area contributed by atoms with Gasteiger partial charge in [-0.15, -0.1) is 12.4 Å². The van der Waals surface area contributed by atoms with Gasteiger partial charge in [-0.05, 0) is 57.3 Å². The molecule has 1 fully saturated rings. The smallest absolute Gasteiger partial charge is 0.266 e. The number of fused-ring (bicyclic) bond motifs is 1. The van der Waals surface area contributed by atoms with Gasteiger partial charge in [0.05, 0.1) is 11.7 Å². The fourth-order valence-corrected chi connectivity index (χ4v) is 5.55. The molecule has 2 aromatic rings. The molecule has 1 aromatic heterocycles. The Morgan fingerprint density at radius 3 is 2.67 bits per heavy atom. The maximum atomic E-state index is 14.8. The highest BCUT2D eigenvalue weighted by atomic mass is 35.5. The Labute approximate surface area is 164 Å². The first-order chi connectivity index (χ1) is 12.4. The number of benzene rings is 1. The fourth-order valence-electron chi connectivity index (χ4n) is 3.91. The SMILES string of the molecule is CC1(S(=O)(=O)n2ncc3ccccc32)CC(C2CCNCC2)=CC=C1F.Cl. The summed E-state index contributed by atoms with van der Waals surface area (Å²) in [4.78, 5) is 0. The van der Waals surface area contributed by atoms with E-state index in [0.717, 1.165) is 35.6 Å². The first-order valence-electron chi connectivity index (χ1n) is 8.89. The van der Waals surface area contributed by atoms with Crippen molar-refractivity contribution in [2.75, 3.05) is 13.1 Å². The predicted octanol–water partition coefficient (Wildman–Crippen LogP) is 3.58. The second kappa shape index (κ2) is 7.37. The largest absolute Gasteiger partial charge is 0.317 e. The Bertz CT molecular complexity index is 1010. The average molecular weight is 412 g/mol. The number of halogens is 2. The molecule has 0 radical (unpaired) electrons. The zero-order chi connectivity index (χ0) is 18.4. The number of allylic oxidation sites excluding steroid dienone is 3. The summed E-state index contributed by atoms with van der Waals surface area (Å²) in [7, 11) is -4.06. The molecule has 1 saturated heterocycles. The predicted molar refractivity (Wildman–Crippen MR) is 107 cm³/mol. The van der Waals surface area contributed by atoms with Gasteiger partial charge in [0.2, 0.25) is 0 Å². The van der Waals surface area contributed by atoms with Crippen molar-refractivity contribution in [3.05, 3.63) is 54.0 Å². The van der Waals surface area contributed by atoms with Crippen LogP contribution in [0.4, 0.5) is 4.39 Å². The van der Waals surface area contributed by atoms with Gasteiger partial charge in [-0.2, -0.15) is 9.19 Å². The summed E-state index contributed by atoms with van der Waals surface area (Å²) in [6.07, 6.45) is 6.65. The zero-order valence-electron chi connectivity index (χ0n) is 15.1. The summed E-state index contributed by atoms with van der Waals surface area (Å²) < 4.78 is 41.0. The van der Waals surface area contributed by atoms with E-state index < -0.39 is 20.6 Å². The third kappa shape index (κ3) is 3.22. The summed E-state index contributed by atoms with van der Waals surface area (Å²) in [5.74, 6) is -0.334. The Morgan fingerprint density at radius 1 is 1.22 bits per heavy atom. The summed E-state index contributed by atoms with van der Waals surface area (Å²) >= 11 is 0. The molecule has 4 rings (SSSR count). The molecule has 146 valence electrons. The van der Waals surface area contributed by atoms with Crippen LogP contribution < -0.4 is 5.32 Å². The van der Waals surface area contributed by atoms with Gasteiger partial charge >= 0.3 is 0 Å². The molecule has 0 amide bonds. The van der Waals surface area contributed by atoms with Crippen molar-refractivity contribution in [1.82, 2.24) is 14.5 Å². The molecular formula is C19H23ClFN3O2S. The van der Waals surface area contributed by atoms with Crippen molar-refractivity contribution in [3.8, 4) is 0 Å². The molecule has 1 atom stereocenters. The van der Waals surface area contributed by atoms with Crippen LogP contribution in [-0.2, 0) is 10.0 Å². The number of aromatic nitrogens is 2. The Morgan fingerprint density at radius 2 is 1.93 bits per heavy atom. The topological polar surface area (TPSA) is 64.0 Å². The molecular weight excluding hydrogens is 389 g/mol. The van der Waals surface area contributed by atoms with E-state index in [1.807, 2.05) is 6.07 Å². The molecule has 1 aromatic carbocycles. The maximum absolute atomic E-state index is 14.8. The first-order valence-corrected chi connectivity index (χ1v) is 10.3. The third-order valence-electron chi connectivity index (χ3n) is 5.60. The molecule has 1 N–H and O–H groups in total. The minimum Gasteiger partial charge on any atom is -0.317 e. The van der Waals surface area contributed by atoms with Crippen molar-refractivity contribution in [1.29, 1.82) is 0 Å². The van der Waals surface area contributed by atoms with E-state index in [9.17, 15) is 12.8 Å². The monoisotopic (exact) mass is 411 g/mol. The van der Waals surface area contributed by atoms with Gasteiger partial charge in [-0.1, -0.05) is 29.8 Å². The highest BCUT2D eigenvalue weighted by molar-refractivity contribution is 7.91. The number of hydrogen-bond acceptors (Lipinski definition) is 4.